The number of nitrogen functional groups attached to an aromatic ring is 1. The van der Waals surface area contributed by atoms with Gasteiger partial charge in [0.15, 0.2) is 5.58 Å². The van der Waals surface area contributed by atoms with E-state index in [0.29, 0.717) is 11.6 Å². The summed E-state index contributed by atoms with van der Waals surface area (Å²) in [5, 5.41) is 3.05. The van der Waals surface area contributed by atoms with Gasteiger partial charge in [-0.05, 0) is 35.9 Å². The molecule has 4 heteroatoms. The molecule has 1 heterocycles. The number of nitrogens with zero attached hydrogens (tertiary/aromatic N) is 1. The summed E-state index contributed by atoms with van der Waals surface area (Å²) in [6, 6.07) is 13.5. The van der Waals surface area contributed by atoms with Crippen LogP contribution < -0.4 is 11.1 Å². The lowest BCUT2D eigenvalue weighted by Crippen LogP contribution is -1.93. The first kappa shape index (κ1) is 12.3. The number of anilines is 2. The van der Waals surface area contributed by atoms with Gasteiger partial charge in [-0.2, -0.15) is 0 Å². The molecule has 4 nitrogen and oxygen atoms in total. The molecule has 0 aliphatic heterocycles. The number of benzene rings is 2. The molecule has 100 valence electrons. The average molecular weight is 265 g/mol. The van der Waals surface area contributed by atoms with Crippen LogP contribution in [0, 0.1) is 0 Å². The van der Waals surface area contributed by atoms with Gasteiger partial charge >= 0.3 is 0 Å². The van der Waals surface area contributed by atoms with E-state index in [2.05, 4.69) is 10.3 Å². The number of hydrogen-bond acceptors (Lipinski definition) is 4. The third-order valence-electron chi connectivity index (χ3n) is 3.09. The molecule has 0 aliphatic rings. The minimum Gasteiger partial charge on any atom is -0.437 e. The van der Waals surface area contributed by atoms with Crippen molar-refractivity contribution in [1.82, 2.24) is 4.98 Å². The van der Waals surface area contributed by atoms with Crippen molar-refractivity contribution in [3.8, 4) is 0 Å². The number of hydrogen-bond donors (Lipinski definition) is 2. The Balaban J connectivity index is 1.89. The zero-order valence-corrected chi connectivity index (χ0v) is 11.1. The maximum Gasteiger partial charge on any atom is 0.220 e. The van der Waals surface area contributed by atoms with Crippen molar-refractivity contribution in [2.75, 3.05) is 18.1 Å². The first-order valence-electron chi connectivity index (χ1n) is 6.37. The molecule has 3 rings (SSSR count). The van der Waals surface area contributed by atoms with Crippen LogP contribution in [0.25, 0.3) is 23.3 Å². The van der Waals surface area contributed by atoms with Crippen molar-refractivity contribution in [1.29, 1.82) is 0 Å². The van der Waals surface area contributed by atoms with E-state index in [9.17, 15) is 0 Å². The molecule has 0 bridgehead atoms. The normalized spacial score (nSPS) is 11.2. The zero-order valence-electron chi connectivity index (χ0n) is 11.1. The first-order chi connectivity index (χ1) is 9.76. The summed E-state index contributed by atoms with van der Waals surface area (Å²) in [6.07, 6.45) is 3.73. The molecule has 0 spiro atoms. The SMILES string of the molecule is CNc1ccc(/C=C/c2nc3ccccc3o2)c(N)c1. The summed E-state index contributed by atoms with van der Waals surface area (Å²) in [7, 11) is 1.86. The highest BCUT2D eigenvalue weighted by Gasteiger charge is 2.02. The monoisotopic (exact) mass is 265 g/mol. The van der Waals surface area contributed by atoms with Gasteiger partial charge in [-0.3, -0.25) is 0 Å². The van der Waals surface area contributed by atoms with Gasteiger partial charge in [0.05, 0.1) is 0 Å². The zero-order chi connectivity index (χ0) is 13.9. The molecular formula is C16H15N3O. The molecule has 0 saturated carbocycles. The van der Waals surface area contributed by atoms with Gasteiger partial charge in [-0.1, -0.05) is 18.2 Å². The molecule has 0 atom stereocenters. The van der Waals surface area contributed by atoms with E-state index in [1.54, 1.807) is 0 Å². The maximum atomic E-state index is 5.99. The van der Waals surface area contributed by atoms with Gasteiger partial charge in [0.25, 0.3) is 0 Å². The lowest BCUT2D eigenvalue weighted by atomic mass is 10.1. The van der Waals surface area contributed by atoms with Crippen molar-refractivity contribution in [3.05, 3.63) is 53.9 Å². The van der Waals surface area contributed by atoms with Gasteiger partial charge in [0.2, 0.25) is 5.89 Å². The Bertz CT molecular complexity index is 741. The van der Waals surface area contributed by atoms with Crippen LogP contribution in [0.5, 0.6) is 0 Å². The second-order valence-corrected chi connectivity index (χ2v) is 4.45. The number of fused-ring (bicyclic) bond motifs is 1. The van der Waals surface area contributed by atoms with E-state index < -0.39 is 0 Å². The topological polar surface area (TPSA) is 64.1 Å². The largest absolute Gasteiger partial charge is 0.437 e. The van der Waals surface area contributed by atoms with Crippen LogP contribution in [-0.2, 0) is 0 Å². The van der Waals surface area contributed by atoms with Crippen LogP contribution in [-0.4, -0.2) is 12.0 Å². The third-order valence-corrected chi connectivity index (χ3v) is 3.09. The molecule has 3 N–H and O–H groups in total. The van der Waals surface area contributed by atoms with E-state index in [4.69, 9.17) is 10.2 Å². The number of oxazole rings is 1. The first-order valence-corrected chi connectivity index (χ1v) is 6.37. The molecule has 3 aromatic rings. The molecule has 0 aliphatic carbocycles. The lowest BCUT2D eigenvalue weighted by molar-refractivity contribution is 0.590. The molecule has 0 unspecified atom stereocenters. The van der Waals surface area contributed by atoms with Crippen LogP contribution >= 0.6 is 0 Å². The van der Waals surface area contributed by atoms with Crippen LogP contribution in [0.3, 0.4) is 0 Å². The number of nitrogens with one attached hydrogen (secondary N) is 1. The third kappa shape index (κ3) is 2.36. The summed E-state index contributed by atoms with van der Waals surface area (Å²) in [4.78, 5) is 4.38. The van der Waals surface area contributed by atoms with E-state index in [0.717, 1.165) is 22.4 Å². The summed E-state index contributed by atoms with van der Waals surface area (Å²) < 4.78 is 5.62. The molecule has 0 fully saturated rings. The van der Waals surface area contributed by atoms with Gasteiger partial charge in [0, 0.05) is 24.5 Å². The number of nitrogens with two attached hydrogens (primary N) is 1. The molecule has 0 radical (unpaired) electrons. The average Bonchev–Trinajstić information content (AvgIpc) is 2.88. The van der Waals surface area contributed by atoms with Crippen molar-refractivity contribution in [2.45, 2.75) is 0 Å². The second-order valence-electron chi connectivity index (χ2n) is 4.45. The fraction of sp³-hybridized carbons (Fsp3) is 0.0625. The molecular weight excluding hydrogens is 250 g/mol. The standard InChI is InChI=1S/C16H15N3O/c1-18-12-8-6-11(13(17)10-12)7-9-16-19-14-4-2-3-5-15(14)20-16/h2-10,18H,17H2,1H3/b9-7+. The fourth-order valence-corrected chi connectivity index (χ4v) is 2.00. The van der Waals surface area contributed by atoms with Crippen LogP contribution in [0.4, 0.5) is 11.4 Å². The van der Waals surface area contributed by atoms with Gasteiger partial charge in [0.1, 0.15) is 5.52 Å². The van der Waals surface area contributed by atoms with Crippen molar-refractivity contribution >= 4 is 34.6 Å². The summed E-state index contributed by atoms with van der Waals surface area (Å²) in [5.41, 5.74) is 10.3. The predicted octanol–water partition coefficient (Wildman–Crippen LogP) is 3.62. The van der Waals surface area contributed by atoms with Crippen LogP contribution in [0.15, 0.2) is 46.9 Å². The van der Waals surface area contributed by atoms with E-state index in [1.165, 1.54) is 0 Å². The Labute approximate surface area is 116 Å². The van der Waals surface area contributed by atoms with Crippen LogP contribution in [0.1, 0.15) is 11.5 Å². The summed E-state index contributed by atoms with van der Waals surface area (Å²) in [5.74, 6) is 0.572. The van der Waals surface area contributed by atoms with Crippen LogP contribution in [0.2, 0.25) is 0 Å². The highest BCUT2D eigenvalue weighted by Crippen LogP contribution is 2.21. The quantitative estimate of drug-likeness (QED) is 0.710. The smallest absolute Gasteiger partial charge is 0.220 e. The summed E-state index contributed by atoms with van der Waals surface area (Å²) in [6.45, 7) is 0. The van der Waals surface area contributed by atoms with Gasteiger partial charge < -0.3 is 15.5 Å². The van der Waals surface area contributed by atoms with E-state index in [-0.39, 0.29) is 0 Å². The van der Waals surface area contributed by atoms with Gasteiger partial charge in [-0.25, -0.2) is 4.98 Å². The Morgan fingerprint density at radius 3 is 2.75 bits per heavy atom. The molecule has 2 aromatic carbocycles. The highest BCUT2D eigenvalue weighted by molar-refractivity contribution is 5.79. The van der Waals surface area contributed by atoms with Gasteiger partial charge in [-0.15, -0.1) is 0 Å². The Morgan fingerprint density at radius 2 is 2.00 bits per heavy atom. The molecule has 20 heavy (non-hydrogen) atoms. The lowest BCUT2D eigenvalue weighted by Gasteiger charge is -2.04. The van der Waals surface area contributed by atoms with Crippen molar-refractivity contribution in [3.63, 3.8) is 0 Å². The number of aromatic nitrogens is 1. The highest BCUT2D eigenvalue weighted by atomic mass is 16.3. The summed E-state index contributed by atoms with van der Waals surface area (Å²) >= 11 is 0. The minimum absolute atomic E-state index is 0.572. The molecule has 0 amide bonds. The number of para-hydroxylation sites is 2. The molecule has 1 aromatic heterocycles. The van der Waals surface area contributed by atoms with E-state index in [1.807, 2.05) is 61.7 Å². The minimum atomic E-state index is 0.572. The number of rotatable bonds is 3. The Kier molecular flexibility index (Phi) is 3.13. The maximum absolute atomic E-state index is 5.99. The second kappa shape index (κ2) is 5.09. The fourth-order valence-electron chi connectivity index (χ4n) is 2.00. The molecule has 0 saturated heterocycles. The van der Waals surface area contributed by atoms with Crippen molar-refractivity contribution in [2.24, 2.45) is 0 Å². The Morgan fingerprint density at radius 1 is 1.15 bits per heavy atom. The Hall–Kier alpha value is -2.75. The van der Waals surface area contributed by atoms with Crippen molar-refractivity contribution < 1.29 is 4.42 Å². The predicted molar refractivity (Wildman–Crippen MR) is 83.3 cm³/mol. The van der Waals surface area contributed by atoms with E-state index >= 15 is 0 Å².